The number of hydrogen-bond donors (Lipinski definition) is 2. The van der Waals surface area contributed by atoms with Crippen LogP contribution in [0.25, 0.3) is 11.0 Å². The fraction of sp³-hybridized carbons (Fsp3) is 0.474. The first-order valence-electron chi connectivity index (χ1n) is 9.70. The van der Waals surface area contributed by atoms with E-state index in [1.54, 1.807) is 20.8 Å². The maximum Gasteiger partial charge on any atom is 0.440 e. The summed E-state index contributed by atoms with van der Waals surface area (Å²) in [4.78, 5) is 42.6. The lowest BCUT2D eigenvalue weighted by Crippen LogP contribution is -2.67. The van der Waals surface area contributed by atoms with Gasteiger partial charge in [-0.25, -0.2) is 9.78 Å². The molecule has 0 bridgehead atoms. The molecule has 2 aromatic rings. The number of nitrogens with zero attached hydrogens (tertiary/aromatic N) is 3. The van der Waals surface area contributed by atoms with Crippen LogP contribution >= 0.6 is 23.2 Å². The van der Waals surface area contributed by atoms with E-state index in [4.69, 9.17) is 27.9 Å². The molecule has 4 rings (SSSR count). The number of alkyl halides is 3. The number of hydrogen-bond acceptors (Lipinski definition) is 5. The first-order chi connectivity index (χ1) is 15.1. The summed E-state index contributed by atoms with van der Waals surface area (Å²) in [5, 5.41) is 3.92. The average Bonchev–Trinajstić information content (AvgIpc) is 3.06. The lowest BCUT2D eigenvalue weighted by molar-refractivity contribution is -0.218. The zero-order chi connectivity index (χ0) is 24.5. The summed E-state index contributed by atoms with van der Waals surface area (Å²) < 4.78 is 48.9. The van der Waals surface area contributed by atoms with Gasteiger partial charge in [0.05, 0.1) is 27.0 Å². The summed E-state index contributed by atoms with van der Waals surface area (Å²) in [7, 11) is 0. The molecule has 9 nitrogen and oxygen atoms in total. The van der Waals surface area contributed by atoms with E-state index < -0.39 is 47.2 Å². The van der Waals surface area contributed by atoms with Gasteiger partial charge in [-0.15, -0.1) is 0 Å². The van der Waals surface area contributed by atoms with Gasteiger partial charge in [-0.1, -0.05) is 23.2 Å². The van der Waals surface area contributed by atoms with Crippen molar-refractivity contribution in [3.8, 4) is 0 Å². The van der Waals surface area contributed by atoms with E-state index >= 15 is 0 Å². The van der Waals surface area contributed by atoms with Crippen molar-refractivity contribution in [2.45, 2.75) is 38.2 Å². The van der Waals surface area contributed by atoms with Gasteiger partial charge in [-0.2, -0.15) is 13.2 Å². The zero-order valence-corrected chi connectivity index (χ0v) is 19.0. The Morgan fingerprint density at radius 2 is 1.82 bits per heavy atom. The number of likely N-dealkylation sites (tertiary alicyclic amines) is 1. The topological polar surface area (TPSA) is 106 Å². The van der Waals surface area contributed by atoms with Gasteiger partial charge in [0.2, 0.25) is 11.9 Å². The van der Waals surface area contributed by atoms with Crippen LogP contribution in [0.15, 0.2) is 12.1 Å². The highest BCUT2D eigenvalue weighted by Gasteiger charge is 2.68. The molecule has 3 amide bonds. The number of amides is 3. The lowest BCUT2D eigenvalue weighted by Gasteiger charge is -2.40. The van der Waals surface area contributed by atoms with E-state index in [2.05, 4.69) is 10.3 Å². The van der Waals surface area contributed by atoms with Crippen LogP contribution in [-0.2, 0) is 20.0 Å². The number of benzene rings is 1. The molecular formula is C19H18Cl2F3N5O4. The van der Waals surface area contributed by atoms with Crippen molar-refractivity contribution in [1.82, 2.24) is 19.8 Å². The monoisotopic (exact) mass is 507 g/mol. The number of carbonyl (C=O) groups is 3. The van der Waals surface area contributed by atoms with E-state index in [-0.39, 0.29) is 34.2 Å². The third-order valence-electron chi connectivity index (χ3n) is 5.20. The number of ether oxygens (including phenoxy) is 1. The van der Waals surface area contributed by atoms with E-state index in [1.165, 1.54) is 11.0 Å². The number of carbonyl (C=O) groups excluding carboxylic acids is 3. The largest absolute Gasteiger partial charge is 0.444 e. The average molecular weight is 508 g/mol. The summed E-state index contributed by atoms with van der Waals surface area (Å²) in [6, 6.07) is 2.39. The number of imidazole rings is 1. The first kappa shape index (κ1) is 23.4. The molecule has 1 aromatic carbocycles. The Labute approximate surface area is 195 Å². The van der Waals surface area contributed by atoms with E-state index in [0.29, 0.717) is 4.57 Å². The molecule has 178 valence electrons. The Morgan fingerprint density at radius 1 is 1.21 bits per heavy atom. The van der Waals surface area contributed by atoms with Gasteiger partial charge in [-0.3, -0.25) is 19.5 Å². The molecule has 1 atom stereocenters. The summed E-state index contributed by atoms with van der Waals surface area (Å²) in [5.41, 5.74) is -4.34. The number of rotatable bonds is 2. The van der Waals surface area contributed by atoms with Crippen LogP contribution in [0.3, 0.4) is 0 Å². The van der Waals surface area contributed by atoms with Gasteiger partial charge < -0.3 is 15.0 Å². The molecule has 1 unspecified atom stereocenters. The minimum atomic E-state index is -5.24. The summed E-state index contributed by atoms with van der Waals surface area (Å²) >= 11 is 11.9. The number of anilines is 1. The van der Waals surface area contributed by atoms with Gasteiger partial charge >= 0.3 is 12.3 Å². The third-order valence-corrected chi connectivity index (χ3v) is 5.93. The van der Waals surface area contributed by atoms with E-state index in [9.17, 15) is 27.6 Å². The van der Waals surface area contributed by atoms with Crippen LogP contribution in [0.2, 0.25) is 10.0 Å². The molecule has 2 aliphatic rings. The highest BCUT2D eigenvalue weighted by molar-refractivity contribution is 6.42. The van der Waals surface area contributed by atoms with Crippen molar-refractivity contribution in [3.63, 3.8) is 0 Å². The second-order valence-electron chi connectivity index (χ2n) is 8.76. The van der Waals surface area contributed by atoms with Gasteiger partial charge in [0, 0.05) is 13.1 Å². The fourth-order valence-electron chi connectivity index (χ4n) is 3.63. The Kier molecular flexibility index (Phi) is 5.25. The Hall–Kier alpha value is -2.73. The van der Waals surface area contributed by atoms with Crippen LogP contribution in [0.4, 0.5) is 23.9 Å². The van der Waals surface area contributed by atoms with Gasteiger partial charge in [0.1, 0.15) is 5.60 Å². The van der Waals surface area contributed by atoms with Gasteiger partial charge in [-0.05, 0) is 32.9 Å². The molecule has 0 saturated carbocycles. The first-order valence-corrected chi connectivity index (χ1v) is 10.5. The summed E-state index contributed by atoms with van der Waals surface area (Å²) in [6.45, 7) is 4.66. The highest BCUT2D eigenvalue weighted by atomic mass is 35.5. The number of halogens is 5. The molecule has 1 fully saturated rings. The molecule has 1 aromatic heterocycles. The standard InChI is InChI=1S/C19H18Cl2F3N5O4/c1-17(2,3)33-16(32)28-6-8(7-28)13(30)27-18(19(22,23)24)14(31)26-15-25-11-4-9(20)10(21)5-12(11)29(15)18/h4-5,8H,6-7H2,1-3H3,(H,27,30)(H,25,26,31). The molecular weight excluding hydrogens is 490 g/mol. The van der Waals surface area contributed by atoms with Crippen molar-refractivity contribution < 1.29 is 32.3 Å². The fourth-order valence-corrected chi connectivity index (χ4v) is 3.94. The number of nitrogens with one attached hydrogen (secondary N) is 2. The molecule has 0 spiro atoms. The maximum atomic E-state index is 14.4. The normalized spacial score (nSPS) is 21.0. The van der Waals surface area contributed by atoms with Crippen molar-refractivity contribution in [3.05, 3.63) is 22.2 Å². The zero-order valence-electron chi connectivity index (χ0n) is 17.5. The molecule has 0 aliphatic carbocycles. The molecule has 33 heavy (non-hydrogen) atoms. The SMILES string of the molecule is CC(C)(C)OC(=O)N1CC(C(=O)NC2(C(F)(F)F)C(=O)Nc3nc4cc(Cl)c(Cl)cc4n32)C1. The molecule has 3 heterocycles. The minimum absolute atomic E-state index is 0.0435. The third kappa shape index (κ3) is 3.74. The highest BCUT2D eigenvalue weighted by Crippen LogP contribution is 2.45. The predicted octanol–water partition coefficient (Wildman–Crippen LogP) is 3.49. The van der Waals surface area contributed by atoms with E-state index in [0.717, 1.165) is 6.07 Å². The Balaban J connectivity index is 1.65. The van der Waals surface area contributed by atoms with Gasteiger partial charge in [0.15, 0.2) is 0 Å². The van der Waals surface area contributed by atoms with Crippen molar-refractivity contribution in [2.24, 2.45) is 5.92 Å². The van der Waals surface area contributed by atoms with Crippen molar-refractivity contribution in [1.29, 1.82) is 0 Å². The molecule has 0 radical (unpaired) electrons. The van der Waals surface area contributed by atoms with Crippen LogP contribution in [0.1, 0.15) is 20.8 Å². The maximum absolute atomic E-state index is 14.4. The minimum Gasteiger partial charge on any atom is -0.444 e. The van der Waals surface area contributed by atoms with E-state index in [1.807, 2.05) is 5.32 Å². The van der Waals surface area contributed by atoms with Gasteiger partial charge in [0.25, 0.3) is 11.6 Å². The molecule has 14 heteroatoms. The molecule has 1 saturated heterocycles. The van der Waals surface area contributed by atoms with Crippen LogP contribution in [0.5, 0.6) is 0 Å². The smallest absolute Gasteiger partial charge is 0.440 e. The second-order valence-corrected chi connectivity index (χ2v) is 9.57. The number of aromatic nitrogens is 2. The number of fused-ring (bicyclic) bond motifs is 3. The lowest BCUT2D eigenvalue weighted by atomic mass is 9.98. The summed E-state index contributed by atoms with van der Waals surface area (Å²) in [6.07, 6.45) is -5.93. The van der Waals surface area contributed by atoms with Crippen molar-refractivity contribution in [2.75, 3.05) is 18.4 Å². The quantitative estimate of drug-likeness (QED) is 0.647. The predicted molar refractivity (Wildman–Crippen MR) is 112 cm³/mol. The molecule has 2 aliphatic heterocycles. The van der Waals surface area contributed by atoms with Crippen molar-refractivity contribution >= 4 is 58.1 Å². The Bertz CT molecular complexity index is 1190. The second kappa shape index (κ2) is 7.39. The van der Waals surface area contributed by atoms with Crippen LogP contribution in [0, 0.1) is 5.92 Å². The van der Waals surface area contributed by atoms with Crippen LogP contribution in [-0.4, -0.2) is 57.2 Å². The van der Waals surface area contributed by atoms with Crippen LogP contribution < -0.4 is 10.6 Å². The summed E-state index contributed by atoms with van der Waals surface area (Å²) in [5.74, 6) is -3.98. The Morgan fingerprint density at radius 3 is 2.39 bits per heavy atom. The molecule has 2 N–H and O–H groups in total.